The first kappa shape index (κ1) is 24.6. The van der Waals surface area contributed by atoms with Crippen molar-refractivity contribution < 1.29 is 4.79 Å². The van der Waals surface area contributed by atoms with Gasteiger partial charge in [0.05, 0.1) is 12.2 Å². The molecule has 0 bridgehead atoms. The van der Waals surface area contributed by atoms with Crippen molar-refractivity contribution >= 4 is 36.4 Å². The number of nitrogens with one attached hydrogen (secondary N) is 2. The van der Waals surface area contributed by atoms with Crippen molar-refractivity contribution in [1.82, 2.24) is 25.2 Å². The Balaban J connectivity index is 0.00000160. The standard InChI is InChI=1S/C21H30N6O.2ClH/c1-16-8-12-26(13-9-16)14-17-2-4-18(5-3-17)23-21(28)20-15-27(25-24-20)19-6-10-22-11-7-19;;/h2-5,15-16,19,22H,6-14H2,1H3,(H,23,28);2*1H. The summed E-state index contributed by atoms with van der Waals surface area (Å²) in [6.07, 6.45) is 6.36. The third-order valence-electron chi connectivity index (χ3n) is 5.92. The minimum Gasteiger partial charge on any atom is -0.321 e. The van der Waals surface area contributed by atoms with E-state index in [1.54, 1.807) is 6.20 Å². The molecular formula is C21H32Cl2N6O. The molecule has 3 heterocycles. The van der Waals surface area contributed by atoms with Gasteiger partial charge in [-0.3, -0.25) is 9.69 Å². The van der Waals surface area contributed by atoms with Gasteiger partial charge in [-0.15, -0.1) is 29.9 Å². The Bertz CT molecular complexity index is 783. The van der Waals surface area contributed by atoms with Crippen LogP contribution in [0.1, 0.15) is 54.7 Å². The van der Waals surface area contributed by atoms with E-state index in [4.69, 9.17) is 0 Å². The van der Waals surface area contributed by atoms with Gasteiger partial charge in [0, 0.05) is 12.2 Å². The van der Waals surface area contributed by atoms with Crippen molar-refractivity contribution in [2.24, 2.45) is 5.92 Å². The first-order valence-electron chi connectivity index (χ1n) is 10.4. The number of carbonyl (C=O) groups excluding carboxylic acids is 1. The smallest absolute Gasteiger partial charge is 0.277 e. The van der Waals surface area contributed by atoms with E-state index in [0.29, 0.717) is 11.7 Å². The summed E-state index contributed by atoms with van der Waals surface area (Å²) in [4.78, 5) is 15.0. The molecular weight excluding hydrogens is 423 g/mol. The number of likely N-dealkylation sites (tertiary alicyclic amines) is 1. The van der Waals surface area contributed by atoms with E-state index in [1.807, 2.05) is 16.8 Å². The normalized spacial score (nSPS) is 18.3. The van der Waals surface area contributed by atoms with Crippen molar-refractivity contribution in [3.8, 4) is 0 Å². The van der Waals surface area contributed by atoms with E-state index in [9.17, 15) is 4.79 Å². The number of anilines is 1. The van der Waals surface area contributed by atoms with Gasteiger partial charge >= 0.3 is 0 Å². The summed E-state index contributed by atoms with van der Waals surface area (Å²) < 4.78 is 1.83. The van der Waals surface area contributed by atoms with Crippen LogP contribution in [0.5, 0.6) is 0 Å². The molecule has 2 fully saturated rings. The number of hydrogen-bond donors (Lipinski definition) is 2. The lowest BCUT2D eigenvalue weighted by atomic mass is 9.99. The molecule has 4 rings (SSSR count). The van der Waals surface area contributed by atoms with Crippen LogP contribution < -0.4 is 10.6 Å². The first-order chi connectivity index (χ1) is 13.7. The summed E-state index contributed by atoms with van der Waals surface area (Å²) in [6, 6.07) is 8.46. The Morgan fingerprint density at radius 1 is 1.10 bits per heavy atom. The minimum atomic E-state index is -0.210. The summed E-state index contributed by atoms with van der Waals surface area (Å²) in [5, 5.41) is 14.5. The van der Waals surface area contributed by atoms with Crippen LogP contribution in [0.3, 0.4) is 0 Å². The number of benzene rings is 1. The van der Waals surface area contributed by atoms with Crippen molar-refractivity contribution in [1.29, 1.82) is 0 Å². The second-order valence-corrected chi connectivity index (χ2v) is 8.17. The number of piperidine rings is 2. The third kappa shape index (κ3) is 6.41. The molecule has 9 heteroatoms. The summed E-state index contributed by atoms with van der Waals surface area (Å²) >= 11 is 0. The predicted octanol–water partition coefficient (Wildman–Crippen LogP) is 3.53. The fourth-order valence-corrected chi connectivity index (χ4v) is 4.00. The first-order valence-corrected chi connectivity index (χ1v) is 10.4. The van der Waals surface area contributed by atoms with Crippen LogP contribution in [0.2, 0.25) is 0 Å². The van der Waals surface area contributed by atoms with Crippen molar-refractivity contribution in [2.45, 2.75) is 45.2 Å². The number of rotatable bonds is 5. The highest BCUT2D eigenvalue weighted by molar-refractivity contribution is 6.02. The zero-order valence-electron chi connectivity index (χ0n) is 17.4. The number of amides is 1. The molecule has 1 amide bonds. The number of aromatic nitrogens is 3. The number of halogens is 2. The maximum atomic E-state index is 12.5. The minimum absolute atomic E-state index is 0. The maximum Gasteiger partial charge on any atom is 0.277 e. The van der Waals surface area contributed by atoms with Gasteiger partial charge in [0.1, 0.15) is 0 Å². The molecule has 2 saturated heterocycles. The molecule has 0 radical (unpaired) electrons. The molecule has 166 valence electrons. The van der Waals surface area contributed by atoms with Crippen molar-refractivity contribution in [3.05, 3.63) is 41.7 Å². The van der Waals surface area contributed by atoms with Crippen LogP contribution in [0.25, 0.3) is 0 Å². The van der Waals surface area contributed by atoms with Crippen LogP contribution in [0.4, 0.5) is 5.69 Å². The molecule has 0 saturated carbocycles. The second-order valence-electron chi connectivity index (χ2n) is 8.17. The van der Waals surface area contributed by atoms with Crippen LogP contribution in [0.15, 0.2) is 30.5 Å². The van der Waals surface area contributed by atoms with E-state index in [1.165, 1.54) is 31.5 Å². The molecule has 2 N–H and O–H groups in total. The van der Waals surface area contributed by atoms with Gasteiger partial charge in [0.15, 0.2) is 5.69 Å². The Kier molecular flexibility index (Phi) is 9.55. The van der Waals surface area contributed by atoms with Gasteiger partial charge in [-0.2, -0.15) is 0 Å². The molecule has 1 aromatic heterocycles. The van der Waals surface area contributed by atoms with Crippen molar-refractivity contribution in [2.75, 3.05) is 31.5 Å². The van der Waals surface area contributed by atoms with E-state index in [2.05, 4.69) is 44.9 Å². The Hall–Kier alpha value is -1.67. The molecule has 7 nitrogen and oxygen atoms in total. The maximum absolute atomic E-state index is 12.5. The summed E-state index contributed by atoms with van der Waals surface area (Å²) in [6.45, 7) is 7.62. The Morgan fingerprint density at radius 2 is 1.77 bits per heavy atom. The van der Waals surface area contributed by atoms with E-state index >= 15 is 0 Å². The second kappa shape index (κ2) is 11.6. The number of carbonyl (C=O) groups is 1. The highest BCUT2D eigenvalue weighted by Gasteiger charge is 2.19. The largest absolute Gasteiger partial charge is 0.321 e. The highest BCUT2D eigenvalue weighted by atomic mass is 35.5. The fourth-order valence-electron chi connectivity index (χ4n) is 4.00. The third-order valence-corrected chi connectivity index (χ3v) is 5.92. The Labute approximate surface area is 190 Å². The average molecular weight is 455 g/mol. The zero-order valence-corrected chi connectivity index (χ0v) is 19.1. The van der Waals surface area contributed by atoms with Crippen LogP contribution in [0, 0.1) is 5.92 Å². The molecule has 1 aromatic carbocycles. The number of hydrogen-bond acceptors (Lipinski definition) is 5. The fraction of sp³-hybridized carbons (Fsp3) is 0.571. The molecule has 2 aliphatic rings. The van der Waals surface area contributed by atoms with Gasteiger partial charge in [-0.25, -0.2) is 4.68 Å². The molecule has 2 aliphatic heterocycles. The summed E-state index contributed by atoms with van der Waals surface area (Å²) in [5.41, 5.74) is 2.44. The topological polar surface area (TPSA) is 75.1 Å². The molecule has 0 spiro atoms. The zero-order chi connectivity index (χ0) is 19.3. The van der Waals surface area contributed by atoms with E-state index < -0.39 is 0 Å². The quantitative estimate of drug-likeness (QED) is 0.722. The monoisotopic (exact) mass is 454 g/mol. The van der Waals surface area contributed by atoms with E-state index in [-0.39, 0.29) is 30.7 Å². The summed E-state index contributed by atoms with van der Waals surface area (Å²) in [5.74, 6) is 0.638. The van der Waals surface area contributed by atoms with Crippen molar-refractivity contribution in [3.63, 3.8) is 0 Å². The van der Waals surface area contributed by atoms with Gasteiger partial charge < -0.3 is 10.6 Å². The molecule has 30 heavy (non-hydrogen) atoms. The van der Waals surface area contributed by atoms with Gasteiger partial charge in [0.25, 0.3) is 5.91 Å². The molecule has 0 atom stereocenters. The summed E-state index contributed by atoms with van der Waals surface area (Å²) in [7, 11) is 0. The average Bonchev–Trinajstić information content (AvgIpc) is 3.22. The van der Waals surface area contributed by atoms with Gasteiger partial charge in [-0.1, -0.05) is 24.3 Å². The lowest BCUT2D eigenvalue weighted by molar-refractivity contribution is 0.102. The predicted molar refractivity (Wildman–Crippen MR) is 124 cm³/mol. The number of nitrogens with zero attached hydrogens (tertiary/aromatic N) is 4. The van der Waals surface area contributed by atoms with Crippen LogP contribution in [-0.4, -0.2) is 52.0 Å². The van der Waals surface area contributed by atoms with Crippen LogP contribution >= 0.6 is 24.8 Å². The highest BCUT2D eigenvalue weighted by Crippen LogP contribution is 2.20. The van der Waals surface area contributed by atoms with Crippen LogP contribution in [-0.2, 0) is 6.54 Å². The lowest BCUT2D eigenvalue weighted by Crippen LogP contribution is -2.32. The SMILES string of the molecule is CC1CCN(Cc2ccc(NC(=O)c3cn(C4CCNCC4)nn3)cc2)CC1.Cl.Cl. The molecule has 2 aromatic rings. The molecule has 0 unspecified atom stereocenters. The molecule has 0 aliphatic carbocycles. The Morgan fingerprint density at radius 3 is 2.43 bits per heavy atom. The van der Waals surface area contributed by atoms with Gasteiger partial charge in [-0.05, 0) is 75.5 Å². The lowest BCUT2D eigenvalue weighted by Gasteiger charge is -2.30. The van der Waals surface area contributed by atoms with Gasteiger partial charge in [0.2, 0.25) is 0 Å². The van der Waals surface area contributed by atoms with E-state index in [0.717, 1.165) is 44.1 Å².